The first-order valence-corrected chi connectivity index (χ1v) is 4.52. The smallest absolute Gasteiger partial charge is 0.286 e. The molecule has 0 amide bonds. The Balaban J connectivity index is 2.89. The summed E-state index contributed by atoms with van der Waals surface area (Å²) in [6, 6.07) is 1.10. The van der Waals surface area contributed by atoms with Crippen molar-refractivity contribution >= 4 is 5.69 Å². The third-order valence-corrected chi connectivity index (χ3v) is 1.72. The molecule has 0 aliphatic carbocycles. The van der Waals surface area contributed by atoms with Crippen LogP contribution in [0.5, 0.6) is 0 Å². The van der Waals surface area contributed by atoms with Gasteiger partial charge in [-0.15, -0.1) is 0 Å². The Bertz CT molecular complexity index is 589. The number of nitro groups is 1. The van der Waals surface area contributed by atoms with Crippen LogP contribution in [0.15, 0.2) is 22.2 Å². The van der Waals surface area contributed by atoms with Gasteiger partial charge >= 0.3 is 0 Å². The molecule has 0 radical (unpaired) electrons. The van der Waals surface area contributed by atoms with Crippen molar-refractivity contribution in [3.63, 3.8) is 0 Å². The number of rotatable bonds is 3. The zero-order valence-electron chi connectivity index (χ0n) is 8.58. The molecule has 0 aromatic carbocycles. The quantitative estimate of drug-likeness (QED) is 0.161. The largest absolute Gasteiger partial charge is 0.322 e. The second-order valence-electron chi connectivity index (χ2n) is 2.86. The van der Waals surface area contributed by atoms with E-state index in [0.717, 1.165) is 12.3 Å². The monoisotopic (exact) mass is 233 g/mol. The zero-order chi connectivity index (χ0) is 12.7. The molecule has 0 spiro atoms. The van der Waals surface area contributed by atoms with Crippen LogP contribution in [0.4, 0.5) is 5.69 Å². The van der Waals surface area contributed by atoms with E-state index < -0.39 is 10.5 Å². The molecule has 17 heavy (non-hydrogen) atoms. The molecule has 1 aromatic rings. The summed E-state index contributed by atoms with van der Waals surface area (Å²) in [5.41, 5.74) is 7.29. The fourth-order valence-electron chi connectivity index (χ4n) is 0.979. The van der Waals surface area contributed by atoms with Crippen molar-refractivity contribution in [1.82, 2.24) is 4.98 Å². The predicted molar refractivity (Wildman–Crippen MR) is 59.2 cm³/mol. The average Bonchev–Trinajstić information content (AvgIpc) is 2.30. The Morgan fingerprint density at radius 3 is 3.06 bits per heavy atom. The van der Waals surface area contributed by atoms with E-state index >= 15 is 0 Å². The maximum Gasteiger partial charge on any atom is 0.286 e. The van der Waals surface area contributed by atoms with E-state index in [1.807, 2.05) is 0 Å². The van der Waals surface area contributed by atoms with Crippen LogP contribution in [-0.4, -0.2) is 16.5 Å². The second-order valence-corrected chi connectivity index (χ2v) is 2.86. The highest BCUT2D eigenvalue weighted by atomic mass is 16.6. The second kappa shape index (κ2) is 5.95. The molecule has 1 aromatic heterocycles. The molecule has 1 rings (SSSR count). The summed E-state index contributed by atoms with van der Waals surface area (Å²) in [4.78, 5) is 25.8. The van der Waals surface area contributed by atoms with Crippen molar-refractivity contribution in [3.8, 4) is 11.8 Å². The van der Waals surface area contributed by atoms with Gasteiger partial charge < -0.3 is 4.98 Å². The number of hydrogen-bond donors (Lipinski definition) is 1. The van der Waals surface area contributed by atoms with Crippen LogP contribution in [-0.2, 0) is 0 Å². The number of nitrogens with one attached hydrogen (secondary N) is 1. The van der Waals surface area contributed by atoms with E-state index in [1.54, 1.807) is 0 Å². The first kappa shape index (κ1) is 12.3. The number of hydrogen-bond acceptors (Lipinski definition) is 4. The molecule has 0 unspecified atom stereocenters. The molecule has 8 nitrogen and oxygen atoms in total. The topological polar surface area (TPSA) is 125 Å². The van der Waals surface area contributed by atoms with Gasteiger partial charge in [0.05, 0.1) is 16.7 Å². The number of aromatic nitrogens is 1. The van der Waals surface area contributed by atoms with Crippen molar-refractivity contribution in [2.45, 2.75) is 6.42 Å². The molecule has 0 aliphatic rings. The van der Waals surface area contributed by atoms with Crippen LogP contribution in [0.1, 0.15) is 12.0 Å². The Kier molecular flexibility index (Phi) is 4.30. The highest BCUT2D eigenvalue weighted by molar-refractivity contribution is 5.39. The molecule has 1 N–H and O–H groups in total. The van der Waals surface area contributed by atoms with Gasteiger partial charge in [0, 0.05) is 23.9 Å². The molecule has 0 aliphatic heterocycles. The lowest BCUT2D eigenvalue weighted by molar-refractivity contribution is -0.385. The van der Waals surface area contributed by atoms with Crippen molar-refractivity contribution in [1.29, 1.82) is 0 Å². The standard InChI is InChI=1S/C9H7N5O3/c10-13-12-4-2-1-3-7-5-8(14(16)17)6-11-9(7)15/h5-6H,2,4H2,(H,11,15). The summed E-state index contributed by atoms with van der Waals surface area (Å²) in [5.74, 6) is 5.07. The van der Waals surface area contributed by atoms with Gasteiger partial charge in [0.2, 0.25) is 0 Å². The summed E-state index contributed by atoms with van der Waals surface area (Å²) in [7, 11) is 0. The molecular formula is C9H7N5O3. The summed E-state index contributed by atoms with van der Waals surface area (Å²) in [5, 5.41) is 13.7. The van der Waals surface area contributed by atoms with Gasteiger partial charge in [-0.2, -0.15) is 0 Å². The average molecular weight is 233 g/mol. The number of H-pyrrole nitrogens is 1. The van der Waals surface area contributed by atoms with Gasteiger partial charge in [-0.1, -0.05) is 17.0 Å². The Morgan fingerprint density at radius 2 is 2.41 bits per heavy atom. The number of azide groups is 1. The molecular weight excluding hydrogens is 226 g/mol. The fourth-order valence-corrected chi connectivity index (χ4v) is 0.979. The van der Waals surface area contributed by atoms with Gasteiger partial charge in [0.25, 0.3) is 11.2 Å². The lowest BCUT2D eigenvalue weighted by Gasteiger charge is -1.91. The zero-order valence-corrected chi connectivity index (χ0v) is 8.58. The van der Waals surface area contributed by atoms with E-state index in [2.05, 4.69) is 26.9 Å². The van der Waals surface area contributed by atoms with Gasteiger partial charge in [-0.05, 0) is 5.53 Å². The van der Waals surface area contributed by atoms with E-state index in [0.29, 0.717) is 0 Å². The van der Waals surface area contributed by atoms with Crippen LogP contribution in [0, 0.1) is 22.0 Å². The molecule has 86 valence electrons. The predicted octanol–water partition coefficient (Wildman–Crippen LogP) is 1.33. The minimum atomic E-state index is -0.624. The number of pyridine rings is 1. The van der Waals surface area contributed by atoms with Crippen LogP contribution in [0.25, 0.3) is 10.4 Å². The normalized spacial score (nSPS) is 8.71. The Labute approximate surface area is 95.1 Å². The highest BCUT2D eigenvalue weighted by Gasteiger charge is 2.07. The molecule has 0 saturated carbocycles. The maximum absolute atomic E-state index is 11.3. The molecule has 0 atom stereocenters. The van der Waals surface area contributed by atoms with Gasteiger partial charge in [0.15, 0.2) is 0 Å². The lowest BCUT2D eigenvalue weighted by atomic mass is 10.2. The summed E-state index contributed by atoms with van der Waals surface area (Å²) < 4.78 is 0. The van der Waals surface area contributed by atoms with Crippen molar-refractivity contribution in [2.75, 3.05) is 6.54 Å². The summed E-state index contributed by atoms with van der Waals surface area (Å²) in [6.45, 7) is 0.191. The summed E-state index contributed by atoms with van der Waals surface area (Å²) >= 11 is 0. The molecule has 0 fully saturated rings. The molecule has 1 heterocycles. The first-order chi connectivity index (χ1) is 8.15. The van der Waals surface area contributed by atoms with Crippen LogP contribution in [0.2, 0.25) is 0 Å². The minimum Gasteiger partial charge on any atom is -0.322 e. The molecule has 8 heteroatoms. The Hall–Kier alpha value is -2.78. The van der Waals surface area contributed by atoms with E-state index in [4.69, 9.17) is 5.53 Å². The van der Waals surface area contributed by atoms with Crippen LogP contribution < -0.4 is 5.56 Å². The lowest BCUT2D eigenvalue weighted by Crippen LogP contribution is -2.09. The Morgan fingerprint density at radius 1 is 1.65 bits per heavy atom. The first-order valence-electron chi connectivity index (χ1n) is 4.52. The van der Waals surface area contributed by atoms with E-state index in [9.17, 15) is 14.9 Å². The van der Waals surface area contributed by atoms with Crippen molar-refractivity contribution in [3.05, 3.63) is 48.7 Å². The number of aromatic amines is 1. The van der Waals surface area contributed by atoms with Gasteiger partial charge in [-0.25, -0.2) is 0 Å². The summed E-state index contributed by atoms with van der Waals surface area (Å²) in [6.07, 6.45) is 1.29. The van der Waals surface area contributed by atoms with Gasteiger partial charge in [-0.3, -0.25) is 14.9 Å². The van der Waals surface area contributed by atoms with Gasteiger partial charge in [0.1, 0.15) is 0 Å². The third kappa shape index (κ3) is 3.70. The molecule has 0 saturated heterocycles. The van der Waals surface area contributed by atoms with E-state index in [1.165, 1.54) is 0 Å². The highest BCUT2D eigenvalue weighted by Crippen LogP contribution is 2.07. The SMILES string of the molecule is [N-]=[N+]=NCCC#Cc1cc([N+](=O)[O-])c[nH]c1=O. The maximum atomic E-state index is 11.3. The fraction of sp³-hybridized carbons (Fsp3) is 0.222. The van der Waals surface area contributed by atoms with Crippen molar-refractivity contribution < 1.29 is 4.92 Å². The number of nitrogens with zero attached hydrogens (tertiary/aromatic N) is 4. The van der Waals surface area contributed by atoms with Crippen molar-refractivity contribution in [2.24, 2.45) is 5.11 Å². The van der Waals surface area contributed by atoms with Crippen LogP contribution in [0.3, 0.4) is 0 Å². The van der Waals surface area contributed by atoms with E-state index in [-0.39, 0.29) is 24.2 Å². The minimum absolute atomic E-state index is 0.0140. The third-order valence-electron chi connectivity index (χ3n) is 1.72. The molecule has 0 bridgehead atoms. The van der Waals surface area contributed by atoms with Crippen LogP contribution >= 0.6 is 0 Å².